The van der Waals surface area contributed by atoms with Crippen molar-refractivity contribution >= 4 is 24.7 Å². The third-order valence-electron chi connectivity index (χ3n) is 7.62. The Morgan fingerprint density at radius 2 is 1.09 bits per heavy atom. The number of fused-ring (bicyclic) bond motifs is 6. The predicted octanol–water partition coefficient (Wildman–Crippen LogP) is 6.84. The molecule has 32 heavy (non-hydrogen) atoms. The molecule has 1 N–H and O–H groups in total. The van der Waals surface area contributed by atoms with Gasteiger partial charge >= 0.3 is 0 Å². The van der Waals surface area contributed by atoms with E-state index < -0.39 is 0 Å². The summed E-state index contributed by atoms with van der Waals surface area (Å²) >= 11 is 0. The summed E-state index contributed by atoms with van der Waals surface area (Å²) in [5, 5.41) is 3.64. The van der Waals surface area contributed by atoms with Gasteiger partial charge in [0.05, 0.1) is 0 Å². The van der Waals surface area contributed by atoms with Crippen LogP contribution >= 0.6 is 0 Å². The molecule has 2 aliphatic carbocycles. The molecule has 4 aromatic rings. The zero-order valence-corrected chi connectivity index (χ0v) is 19.1. The lowest BCUT2D eigenvalue weighted by Gasteiger charge is -2.24. The summed E-state index contributed by atoms with van der Waals surface area (Å²) in [6, 6.07) is 28.5. The van der Waals surface area contributed by atoms with Crippen LogP contribution in [0.15, 0.2) is 78.9 Å². The van der Waals surface area contributed by atoms with Crippen molar-refractivity contribution in [1.82, 2.24) is 0 Å². The Balaban J connectivity index is 1.42. The molecule has 4 aromatic carbocycles. The third kappa shape index (κ3) is 2.53. The summed E-state index contributed by atoms with van der Waals surface area (Å²) in [4.78, 5) is 0. The molecule has 2 heteroatoms. The van der Waals surface area contributed by atoms with E-state index in [1.807, 2.05) is 0 Å². The van der Waals surface area contributed by atoms with E-state index in [0.29, 0.717) is 0 Å². The zero-order chi connectivity index (χ0) is 22.3. The standard InChI is InChI=1S/C30H26BN/c1-29(2)23-11-7-5-9-19(23)21-14-13-18(15-25(21)29)32-28-17-26-22(16-27(28)31)20-10-6-8-12-24(20)30(26,3)4/h5-17,32H,1-4H3. The van der Waals surface area contributed by atoms with Crippen LogP contribution < -0.4 is 10.8 Å². The van der Waals surface area contributed by atoms with Gasteiger partial charge in [-0.15, -0.1) is 0 Å². The normalized spacial score (nSPS) is 16.1. The van der Waals surface area contributed by atoms with Crippen molar-refractivity contribution in [1.29, 1.82) is 0 Å². The Kier molecular flexibility index (Phi) is 3.88. The van der Waals surface area contributed by atoms with Crippen LogP contribution in [-0.4, -0.2) is 7.85 Å². The molecule has 0 aliphatic heterocycles. The molecule has 0 amide bonds. The molecule has 0 saturated heterocycles. The maximum atomic E-state index is 6.56. The molecule has 0 atom stereocenters. The number of nitrogens with one attached hydrogen (secondary N) is 1. The van der Waals surface area contributed by atoms with E-state index in [0.717, 1.165) is 16.8 Å². The van der Waals surface area contributed by atoms with E-state index in [-0.39, 0.29) is 10.8 Å². The van der Waals surface area contributed by atoms with Gasteiger partial charge < -0.3 is 5.32 Å². The molecule has 0 fully saturated rings. The number of rotatable bonds is 2. The second kappa shape index (κ2) is 6.39. The number of hydrogen-bond acceptors (Lipinski definition) is 1. The fraction of sp³-hybridized carbons (Fsp3) is 0.200. The van der Waals surface area contributed by atoms with Crippen molar-refractivity contribution in [2.24, 2.45) is 0 Å². The van der Waals surface area contributed by atoms with Crippen molar-refractivity contribution in [2.45, 2.75) is 38.5 Å². The topological polar surface area (TPSA) is 12.0 Å². The molecule has 2 aliphatic rings. The predicted molar refractivity (Wildman–Crippen MR) is 137 cm³/mol. The first-order valence-electron chi connectivity index (χ1n) is 11.3. The highest BCUT2D eigenvalue weighted by molar-refractivity contribution is 6.36. The number of hydrogen-bond donors (Lipinski definition) is 1. The van der Waals surface area contributed by atoms with Gasteiger partial charge in [-0.1, -0.05) is 93.8 Å². The molecular formula is C30H26BN. The smallest absolute Gasteiger partial charge is 0.116 e. The fourth-order valence-corrected chi connectivity index (χ4v) is 5.81. The van der Waals surface area contributed by atoms with Crippen LogP contribution in [0.4, 0.5) is 11.4 Å². The van der Waals surface area contributed by atoms with E-state index in [1.165, 1.54) is 44.5 Å². The second-order valence-electron chi connectivity index (χ2n) is 10.2. The van der Waals surface area contributed by atoms with Crippen LogP contribution in [0.25, 0.3) is 22.3 Å². The van der Waals surface area contributed by atoms with Crippen molar-refractivity contribution < 1.29 is 0 Å². The Bertz CT molecular complexity index is 1410. The van der Waals surface area contributed by atoms with Crippen molar-refractivity contribution in [3.8, 4) is 22.3 Å². The first kappa shape index (κ1) is 19.4. The van der Waals surface area contributed by atoms with Gasteiger partial charge in [0.25, 0.3) is 0 Å². The highest BCUT2D eigenvalue weighted by Crippen LogP contribution is 2.50. The molecule has 0 saturated carbocycles. The largest absolute Gasteiger partial charge is 0.356 e. The number of benzene rings is 4. The summed E-state index contributed by atoms with van der Waals surface area (Å²) in [5.41, 5.74) is 13.4. The van der Waals surface area contributed by atoms with Gasteiger partial charge in [-0.05, 0) is 62.7 Å². The first-order chi connectivity index (χ1) is 15.3. The van der Waals surface area contributed by atoms with Gasteiger partial charge in [-0.3, -0.25) is 0 Å². The molecule has 0 unspecified atom stereocenters. The Hall–Kier alpha value is -3.26. The quantitative estimate of drug-likeness (QED) is 0.356. The lowest BCUT2D eigenvalue weighted by Crippen LogP contribution is -2.18. The van der Waals surface area contributed by atoms with Crippen molar-refractivity contribution in [3.05, 3.63) is 101 Å². The molecule has 0 aromatic heterocycles. The SMILES string of the molecule is [B]c1cc2c(cc1Nc1ccc3c(c1)C(C)(C)c1ccccc1-3)C(C)(C)c1ccccc1-2. The van der Waals surface area contributed by atoms with Gasteiger partial charge in [-0.2, -0.15) is 0 Å². The summed E-state index contributed by atoms with van der Waals surface area (Å²) in [6.45, 7) is 9.22. The highest BCUT2D eigenvalue weighted by atomic mass is 14.9. The molecular weight excluding hydrogens is 385 g/mol. The minimum Gasteiger partial charge on any atom is -0.356 e. The lowest BCUT2D eigenvalue weighted by atomic mass is 9.80. The summed E-state index contributed by atoms with van der Waals surface area (Å²) in [5.74, 6) is 0. The minimum absolute atomic E-state index is 0.0171. The monoisotopic (exact) mass is 411 g/mol. The fourth-order valence-electron chi connectivity index (χ4n) is 5.81. The molecule has 0 bridgehead atoms. The Morgan fingerprint density at radius 3 is 1.75 bits per heavy atom. The van der Waals surface area contributed by atoms with Crippen LogP contribution in [0.2, 0.25) is 0 Å². The molecule has 6 rings (SSSR count). The molecule has 0 heterocycles. The zero-order valence-electron chi connectivity index (χ0n) is 19.1. The second-order valence-corrected chi connectivity index (χ2v) is 10.2. The first-order valence-corrected chi connectivity index (χ1v) is 11.3. The molecule has 154 valence electrons. The van der Waals surface area contributed by atoms with E-state index in [1.54, 1.807) is 0 Å². The molecule has 1 nitrogen and oxygen atoms in total. The van der Waals surface area contributed by atoms with Crippen LogP contribution in [0.5, 0.6) is 0 Å². The van der Waals surface area contributed by atoms with Gasteiger partial charge in [0.15, 0.2) is 0 Å². The summed E-state index contributed by atoms with van der Waals surface area (Å²) in [6.07, 6.45) is 0. The highest BCUT2D eigenvalue weighted by Gasteiger charge is 2.36. The lowest BCUT2D eigenvalue weighted by molar-refractivity contribution is 0.660. The third-order valence-corrected chi connectivity index (χ3v) is 7.62. The minimum atomic E-state index is -0.0440. The van der Waals surface area contributed by atoms with E-state index in [9.17, 15) is 0 Å². The molecule has 2 radical (unpaired) electrons. The van der Waals surface area contributed by atoms with Crippen molar-refractivity contribution in [3.63, 3.8) is 0 Å². The Labute approximate surface area is 191 Å². The van der Waals surface area contributed by atoms with E-state index in [4.69, 9.17) is 7.85 Å². The molecule has 0 spiro atoms. The van der Waals surface area contributed by atoms with E-state index >= 15 is 0 Å². The van der Waals surface area contributed by atoms with Crippen LogP contribution in [0, 0.1) is 0 Å². The average Bonchev–Trinajstić information content (AvgIpc) is 3.14. The Morgan fingerprint density at radius 1 is 0.562 bits per heavy atom. The van der Waals surface area contributed by atoms with Gasteiger partial charge in [0, 0.05) is 22.2 Å². The maximum absolute atomic E-state index is 6.56. The number of anilines is 2. The van der Waals surface area contributed by atoms with Crippen molar-refractivity contribution in [2.75, 3.05) is 5.32 Å². The van der Waals surface area contributed by atoms with Crippen LogP contribution in [-0.2, 0) is 10.8 Å². The van der Waals surface area contributed by atoms with Crippen LogP contribution in [0.1, 0.15) is 49.9 Å². The van der Waals surface area contributed by atoms with Gasteiger partial charge in [-0.25, -0.2) is 0 Å². The summed E-state index contributed by atoms with van der Waals surface area (Å²) < 4.78 is 0. The van der Waals surface area contributed by atoms with Crippen LogP contribution in [0.3, 0.4) is 0 Å². The maximum Gasteiger partial charge on any atom is 0.116 e. The van der Waals surface area contributed by atoms with Gasteiger partial charge in [0.1, 0.15) is 7.85 Å². The van der Waals surface area contributed by atoms with E-state index in [2.05, 4.69) is 112 Å². The average molecular weight is 411 g/mol. The van der Waals surface area contributed by atoms with Gasteiger partial charge in [0.2, 0.25) is 0 Å². The summed E-state index contributed by atoms with van der Waals surface area (Å²) in [7, 11) is 6.56.